The number of thioether (sulfide) groups is 1. The van der Waals surface area contributed by atoms with Gasteiger partial charge in [0, 0.05) is 18.9 Å². The second-order valence-corrected chi connectivity index (χ2v) is 5.84. The van der Waals surface area contributed by atoms with Crippen molar-refractivity contribution >= 4 is 28.9 Å². The van der Waals surface area contributed by atoms with Crippen LogP contribution in [0.5, 0.6) is 0 Å². The standard InChI is InChI=1S/C13H19N5OS/c1-2-5-14-13-17-11-10(15-8-16-11)12(18-13)20-7-9-4-3-6-19-9/h8-9H,2-7H2,1H3,(H2,14,15,16,17,18). The number of imidazole rings is 1. The van der Waals surface area contributed by atoms with Crippen LogP contribution in [0, 0.1) is 0 Å². The Morgan fingerprint density at radius 3 is 3.25 bits per heavy atom. The molecule has 20 heavy (non-hydrogen) atoms. The first-order valence-electron chi connectivity index (χ1n) is 7.06. The van der Waals surface area contributed by atoms with E-state index in [-0.39, 0.29) is 0 Å². The average Bonchev–Trinajstić information content (AvgIpc) is 3.13. The Morgan fingerprint density at radius 1 is 1.50 bits per heavy atom. The molecule has 2 aromatic heterocycles. The molecule has 2 aromatic rings. The maximum absolute atomic E-state index is 5.66. The van der Waals surface area contributed by atoms with Crippen molar-refractivity contribution in [3.8, 4) is 0 Å². The molecule has 1 aliphatic heterocycles. The second kappa shape index (κ2) is 6.41. The van der Waals surface area contributed by atoms with Gasteiger partial charge in [0.1, 0.15) is 10.5 Å². The number of nitrogens with zero attached hydrogens (tertiary/aromatic N) is 3. The van der Waals surface area contributed by atoms with Crippen molar-refractivity contribution in [2.75, 3.05) is 24.2 Å². The summed E-state index contributed by atoms with van der Waals surface area (Å²) in [6, 6.07) is 0. The molecule has 1 fully saturated rings. The SMILES string of the molecule is CCCNc1nc(SCC2CCCO2)c2[nH]cnc2n1. The van der Waals surface area contributed by atoms with Gasteiger partial charge in [-0.1, -0.05) is 6.92 Å². The van der Waals surface area contributed by atoms with Gasteiger partial charge in [-0.05, 0) is 19.3 Å². The summed E-state index contributed by atoms with van der Waals surface area (Å²) in [4.78, 5) is 16.3. The highest BCUT2D eigenvalue weighted by Crippen LogP contribution is 2.27. The normalized spacial score (nSPS) is 18.8. The first-order valence-corrected chi connectivity index (χ1v) is 8.04. The third-order valence-electron chi connectivity index (χ3n) is 3.22. The average molecular weight is 293 g/mol. The van der Waals surface area contributed by atoms with Crippen LogP contribution in [0.15, 0.2) is 11.4 Å². The van der Waals surface area contributed by atoms with Crippen LogP contribution >= 0.6 is 11.8 Å². The number of aromatic amines is 1. The fourth-order valence-corrected chi connectivity index (χ4v) is 3.23. The van der Waals surface area contributed by atoms with E-state index in [1.165, 1.54) is 0 Å². The molecule has 1 saturated heterocycles. The molecule has 1 aliphatic rings. The molecule has 0 saturated carbocycles. The van der Waals surface area contributed by atoms with Gasteiger partial charge in [0.2, 0.25) is 5.95 Å². The van der Waals surface area contributed by atoms with Crippen molar-refractivity contribution in [3.05, 3.63) is 6.33 Å². The van der Waals surface area contributed by atoms with Gasteiger partial charge in [-0.3, -0.25) is 0 Å². The Labute approximate surface area is 122 Å². The van der Waals surface area contributed by atoms with E-state index in [0.29, 0.717) is 17.7 Å². The Bertz CT molecular complexity index is 567. The lowest BCUT2D eigenvalue weighted by atomic mass is 10.3. The fourth-order valence-electron chi connectivity index (χ4n) is 2.17. The molecule has 1 atom stereocenters. The lowest BCUT2D eigenvalue weighted by Gasteiger charge is -2.10. The zero-order chi connectivity index (χ0) is 13.8. The maximum atomic E-state index is 5.66. The van der Waals surface area contributed by atoms with Gasteiger partial charge in [-0.2, -0.15) is 4.98 Å². The van der Waals surface area contributed by atoms with Crippen LogP contribution < -0.4 is 5.32 Å². The molecule has 0 radical (unpaired) electrons. The summed E-state index contributed by atoms with van der Waals surface area (Å²) in [5, 5.41) is 4.17. The summed E-state index contributed by atoms with van der Waals surface area (Å²) in [6.45, 7) is 3.87. The minimum absolute atomic E-state index is 0.347. The van der Waals surface area contributed by atoms with E-state index in [2.05, 4.69) is 32.2 Å². The number of anilines is 1. The maximum Gasteiger partial charge on any atom is 0.225 e. The lowest BCUT2D eigenvalue weighted by molar-refractivity contribution is 0.129. The topological polar surface area (TPSA) is 75.7 Å². The summed E-state index contributed by atoms with van der Waals surface area (Å²) >= 11 is 1.71. The van der Waals surface area contributed by atoms with E-state index >= 15 is 0 Å². The number of hydrogen-bond acceptors (Lipinski definition) is 6. The predicted octanol–water partition coefficient (Wildman–Crippen LogP) is 2.45. The van der Waals surface area contributed by atoms with Crippen molar-refractivity contribution in [1.29, 1.82) is 0 Å². The Hall–Kier alpha value is -1.34. The first-order chi connectivity index (χ1) is 9.86. The van der Waals surface area contributed by atoms with Crippen LogP contribution in [-0.2, 0) is 4.74 Å². The highest BCUT2D eigenvalue weighted by atomic mass is 32.2. The molecule has 0 bridgehead atoms. The van der Waals surface area contributed by atoms with Gasteiger partial charge in [0.25, 0.3) is 0 Å². The second-order valence-electron chi connectivity index (χ2n) is 4.83. The largest absolute Gasteiger partial charge is 0.377 e. The highest BCUT2D eigenvalue weighted by molar-refractivity contribution is 7.99. The van der Waals surface area contributed by atoms with Crippen LogP contribution in [0.3, 0.4) is 0 Å². The summed E-state index contributed by atoms with van der Waals surface area (Å²) in [6.07, 6.45) is 5.36. The van der Waals surface area contributed by atoms with Gasteiger partial charge in [-0.15, -0.1) is 11.8 Å². The molecule has 1 unspecified atom stereocenters. The van der Waals surface area contributed by atoms with Crippen molar-refractivity contribution in [1.82, 2.24) is 19.9 Å². The van der Waals surface area contributed by atoms with Crippen LogP contribution in [0.4, 0.5) is 5.95 Å². The number of aromatic nitrogens is 4. The van der Waals surface area contributed by atoms with Crippen LogP contribution in [0.2, 0.25) is 0 Å². The summed E-state index contributed by atoms with van der Waals surface area (Å²) in [5.41, 5.74) is 1.63. The monoisotopic (exact) mass is 293 g/mol. The zero-order valence-electron chi connectivity index (χ0n) is 11.6. The molecule has 0 aliphatic carbocycles. The van der Waals surface area contributed by atoms with E-state index in [9.17, 15) is 0 Å². The highest BCUT2D eigenvalue weighted by Gasteiger charge is 2.18. The minimum atomic E-state index is 0.347. The van der Waals surface area contributed by atoms with E-state index in [0.717, 1.165) is 48.7 Å². The third-order valence-corrected chi connectivity index (χ3v) is 4.32. The number of fused-ring (bicyclic) bond motifs is 1. The summed E-state index contributed by atoms with van der Waals surface area (Å²) in [5.74, 6) is 1.58. The Kier molecular flexibility index (Phi) is 4.37. The van der Waals surface area contributed by atoms with Crippen molar-refractivity contribution in [3.63, 3.8) is 0 Å². The fraction of sp³-hybridized carbons (Fsp3) is 0.615. The predicted molar refractivity (Wildman–Crippen MR) is 80.2 cm³/mol. The third kappa shape index (κ3) is 3.04. The number of nitrogens with one attached hydrogen (secondary N) is 2. The van der Waals surface area contributed by atoms with Gasteiger partial charge >= 0.3 is 0 Å². The molecule has 0 aromatic carbocycles. The quantitative estimate of drug-likeness (QED) is 0.629. The smallest absolute Gasteiger partial charge is 0.225 e. The molecular weight excluding hydrogens is 274 g/mol. The Morgan fingerprint density at radius 2 is 2.45 bits per heavy atom. The molecule has 6 nitrogen and oxygen atoms in total. The van der Waals surface area contributed by atoms with Crippen LogP contribution in [-0.4, -0.2) is 44.9 Å². The van der Waals surface area contributed by atoms with Gasteiger partial charge in [0.15, 0.2) is 5.65 Å². The molecule has 108 valence electrons. The van der Waals surface area contributed by atoms with Crippen molar-refractivity contribution in [2.24, 2.45) is 0 Å². The molecule has 0 amide bonds. The van der Waals surface area contributed by atoms with E-state index < -0.39 is 0 Å². The number of H-pyrrole nitrogens is 1. The minimum Gasteiger partial charge on any atom is -0.377 e. The van der Waals surface area contributed by atoms with Gasteiger partial charge < -0.3 is 15.0 Å². The van der Waals surface area contributed by atoms with Gasteiger partial charge in [0.05, 0.1) is 12.4 Å². The molecule has 7 heteroatoms. The van der Waals surface area contributed by atoms with Crippen molar-refractivity contribution in [2.45, 2.75) is 37.3 Å². The van der Waals surface area contributed by atoms with E-state index in [1.807, 2.05) is 0 Å². The lowest BCUT2D eigenvalue weighted by Crippen LogP contribution is -2.09. The summed E-state index contributed by atoms with van der Waals surface area (Å²) < 4.78 is 5.66. The molecule has 3 heterocycles. The number of ether oxygens (including phenoxy) is 1. The number of rotatable bonds is 6. The Balaban J connectivity index is 1.77. The van der Waals surface area contributed by atoms with Crippen LogP contribution in [0.25, 0.3) is 11.2 Å². The van der Waals surface area contributed by atoms with Crippen molar-refractivity contribution < 1.29 is 4.74 Å². The van der Waals surface area contributed by atoms with Gasteiger partial charge in [-0.25, -0.2) is 9.97 Å². The zero-order valence-corrected chi connectivity index (χ0v) is 12.4. The van der Waals surface area contributed by atoms with E-state index in [4.69, 9.17) is 4.74 Å². The van der Waals surface area contributed by atoms with E-state index in [1.54, 1.807) is 18.1 Å². The van der Waals surface area contributed by atoms with Crippen LogP contribution in [0.1, 0.15) is 26.2 Å². The number of hydrogen-bond donors (Lipinski definition) is 2. The molecule has 0 spiro atoms. The summed E-state index contributed by atoms with van der Waals surface area (Å²) in [7, 11) is 0. The molecule has 3 rings (SSSR count). The first kappa shape index (κ1) is 13.6. The molecular formula is C13H19N5OS. The molecule has 2 N–H and O–H groups in total.